The highest BCUT2D eigenvalue weighted by Crippen LogP contribution is 2.28. The lowest BCUT2D eigenvalue weighted by molar-refractivity contribution is 0.188. The van der Waals surface area contributed by atoms with Crippen molar-refractivity contribution < 1.29 is 0 Å². The number of likely N-dealkylation sites (tertiary alicyclic amines) is 1. The van der Waals surface area contributed by atoms with Gasteiger partial charge >= 0.3 is 0 Å². The molecule has 126 valence electrons. The average molecular weight is 344 g/mol. The van der Waals surface area contributed by atoms with Crippen LogP contribution in [0.4, 0.5) is 0 Å². The summed E-state index contributed by atoms with van der Waals surface area (Å²) in [4.78, 5) is 7.39. The maximum atomic E-state index is 4.82. The predicted molar refractivity (Wildman–Crippen MR) is 97.1 cm³/mol. The molecule has 1 aliphatic heterocycles. The first-order valence-corrected chi connectivity index (χ1v) is 9.29. The van der Waals surface area contributed by atoms with Gasteiger partial charge in [0.25, 0.3) is 0 Å². The van der Waals surface area contributed by atoms with Crippen molar-refractivity contribution in [3.8, 4) is 0 Å². The zero-order valence-electron chi connectivity index (χ0n) is 14.1. The summed E-state index contributed by atoms with van der Waals surface area (Å²) < 4.78 is 0. The van der Waals surface area contributed by atoms with Gasteiger partial charge in [-0.1, -0.05) is 20.8 Å². The third-order valence-corrected chi connectivity index (χ3v) is 5.88. The summed E-state index contributed by atoms with van der Waals surface area (Å²) in [6.45, 7) is 11.4. The highest BCUT2D eigenvalue weighted by molar-refractivity contribution is 7.09. The fourth-order valence-corrected chi connectivity index (χ4v) is 3.80. The third-order valence-electron chi connectivity index (χ3n) is 4.56. The van der Waals surface area contributed by atoms with Crippen LogP contribution in [0.5, 0.6) is 0 Å². The van der Waals surface area contributed by atoms with Gasteiger partial charge in [-0.2, -0.15) is 0 Å². The number of piperidine rings is 1. The van der Waals surface area contributed by atoms with Crippen molar-refractivity contribution in [3.63, 3.8) is 0 Å². The number of aromatic nitrogens is 1. The lowest BCUT2D eigenvalue weighted by Crippen LogP contribution is -2.42. The zero-order valence-corrected chi connectivity index (χ0v) is 15.7. The summed E-state index contributed by atoms with van der Waals surface area (Å²) in [6, 6.07) is 0.752. The summed E-state index contributed by atoms with van der Waals surface area (Å²) in [5.74, 6) is 0.994. The molecule has 1 saturated heterocycles. The third kappa shape index (κ3) is 5.19. The Labute approximate surface area is 145 Å². The van der Waals surface area contributed by atoms with Crippen LogP contribution in [-0.2, 0) is 12.0 Å². The second kappa shape index (κ2) is 7.61. The Morgan fingerprint density at radius 2 is 1.91 bits per heavy atom. The Morgan fingerprint density at radius 3 is 2.45 bits per heavy atom. The molecule has 1 saturated carbocycles. The van der Waals surface area contributed by atoms with E-state index in [2.05, 4.69) is 36.4 Å². The van der Waals surface area contributed by atoms with Gasteiger partial charge in [-0.25, -0.2) is 4.98 Å². The van der Waals surface area contributed by atoms with E-state index in [0.717, 1.165) is 18.5 Å². The van der Waals surface area contributed by atoms with Crippen LogP contribution in [0, 0.1) is 5.92 Å². The second-order valence-electron chi connectivity index (χ2n) is 7.80. The van der Waals surface area contributed by atoms with E-state index in [9.17, 15) is 0 Å². The van der Waals surface area contributed by atoms with Crippen LogP contribution in [0.1, 0.15) is 57.2 Å². The lowest BCUT2D eigenvalue weighted by Gasteiger charge is -2.32. The van der Waals surface area contributed by atoms with Crippen molar-refractivity contribution in [2.45, 2.75) is 64.5 Å². The molecular formula is C17H30ClN3S. The van der Waals surface area contributed by atoms with Gasteiger partial charge in [0.05, 0.1) is 10.7 Å². The van der Waals surface area contributed by atoms with Crippen LogP contribution in [0.2, 0.25) is 0 Å². The van der Waals surface area contributed by atoms with E-state index in [1.165, 1.54) is 56.0 Å². The second-order valence-corrected chi connectivity index (χ2v) is 8.65. The number of rotatable bonds is 5. The monoisotopic (exact) mass is 343 g/mol. The molecule has 2 fully saturated rings. The minimum absolute atomic E-state index is 0. The van der Waals surface area contributed by atoms with E-state index in [0.29, 0.717) is 0 Å². The molecular weight excluding hydrogens is 314 g/mol. The topological polar surface area (TPSA) is 28.2 Å². The first-order chi connectivity index (χ1) is 10.0. The zero-order chi connectivity index (χ0) is 14.9. The molecule has 0 atom stereocenters. The van der Waals surface area contributed by atoms with Crippen molar-refractivity contribution in [2.24, 2.45) is 5.92 Å². The maximum absolute atomic E-state index is 4.82. The molecule has 0 unspecified atom stereocenters. The van der Waals surface area contributed by atoms with E-state index in [4.69, 9.17) is 4.98 Å². The summed E-state index contributed by atoms with van der Waals surface area (Å²) in [6.07, 6.45) is 5.49. The number of nitrogens with zero attached hydrogens (tertiary/aromatic N) is 2. The van der Waals surface area contributed by atoms with E-state index in [1.807, 2.05) is 11.3 Å². The summed E-state index contributed by atoms with van der Waals surface area (Å²) in [5.41, 5.74) is 1.44. The molecule has 2 heterocycles. The quantitative estimate of drug-likeness (QED) is 0.880. The van der Waals surface area contributed by atoms with E-state index < -0.39 is 0 Å². The molecule has 0 radical (unpaired) electrons. The fraction of sp³-hybridized carbons (Fsp3) is 0.824. The number of thiazole rings is 1. The first kappa shape index (κ1) is 18.2. The average Bonchev–Trinajstić information content (AvgIpc) is 3.14. The molecule has 0 aromatic carbocycles. The van der Waals surface area contributed by atoms with Crippen LogP contribution in [-0.4, -0.2) is 35.6 Å². The lowest BCUT2D eigenvalue weighted by atomic mass is 9.98. The molecule has 3 rings (SSSR count). The predicted octanol–water partition coefficient (Wildman–Crippen LogP) is 3.83. The molecule has 0 spiro atoms. The Morgan fingerprint density at radius 1 is 1.23 bits per heavy atom. The number of hydrogen-bond donors (Lipinski definition) is 1. The normalized spacial score (nSPS) is 20.9. The van der Waals surface area contributed by atoms with Gasteiger partial charge in [-0.05, 0) is 38.1 Å². The van der Waals surface area contributed by atoms with Crippen molar-refractivity contribution in [3.05, 3.63) is 16.1 Å². The maximum Gasteiger partial charge on any atom is 0.0982 e. The molecule has 22 heavy (non-hydrogen) atoms. The van der Waals surface area contributed by atoms with Crippen LogP contribution in [0.15, 0.2) is 5.38 Å². The standard InChI is InChI=1S/C17H29N3S.ClH/c1-17(2,3)16-19-15(12-21-16)11-20-8-6-14(7-9-20)18-10-13-4-5-13;/h12-14,18H,4-11H2,1-3H3;1H. The summed E-state index contributed by atoms with van der Waals surface area (Å²) in [7, 11) is 0. The van der Waals surface area contributed by atoms with Crippen molar-refractivity contribution in [1.82, 2.24) is 15.2 Å². The van der Waals surface area contributed by atoms with Crippen LogP contribution >= 0.6 is 23.7 Å². The van der Waals surface area contributed by atoms with Crippen LogP contribution in [0.25, 0.3) is 0 Å². The van der Waals surface area contributed by atoms with Crippen molar-refractivity contribution in [1.29, 1.82) is 0 Å². The van der Waals surface area contributed by atoms with Crippen molar-refractivity contribution in [2.75, 3.05) is 19.6 Å². The first-order valence-electron chi connectivity index (χ1n) is 8.41. The fourth-order valence-electron chi connectivity index (χ4n) is 2.90. The van der Waals surface area contributed by atoms with Gasteiger partial charge in [0.15, 0.2) is 0 Å². The molecule has 1 aliphatic carbocycles. The molecule has 0 bridgehead atoms. The van der Waals surface area contributed by atoms with Gasteiger partial charge < -0.3 is 5.32 Å². The van der Waals surface area contributed by atoms with Gasteiger partial charge in [-0.3, -0.25) is 4.90 Å². The van der Waals surface area contributed by atoms with Gasteiger partial charge in [0.2, 0.25) is 0 Å². The van der Waals surface area contributed by atoms with Crippen LogP contribution in [0.3, 0.4) is 0 Å². The van der Waals surface area contributed by atoms with E-state index >= 15 is 0 Å². The smallest absolute Gasteiger partial charge is 0.0982 e. The SMILES string of the molecule is CC(C)(C)c1nc(CN2CCC(NCC3CC3)CC2)cs1.Cl. The van der Waals surface area contributed by atoms with Crippen molar-refractivity contribution >= 4 is 23.7 Å². The molecule has 2 aliphatic rings. The highest BCUT2D eigenvalue weighted by Gasteiger charge is 2.25. The minimum Gasteiger partial charge on any atom is -0.314 e. The molecule has 1 aromatic heterocycles. The largest absolute Gasteiger partial charge is 0.314 e. The Kier molecular flexibility index (Phi) is 6.29. The summed E-state index contributed by atoms with van der Waals surface area (Å²) >= 11 is 1.81. The van der Waals surface area contributed by atoms with E-state index in [1.54, 1.807) is 0 Å². The number of halogens is 1. The van der Waals surface area contributed by atoms with Gasteiger partial charge in [0, 0.05) is 36.5 Å². The van der Waals surface area contributed by atoms with Gasteiger partial charge in [-0.15, -0.1) is 23.7 Å². The number of hydrogen-bond acceptors (Lipinski definition) is 4. The minimum atomic E-state index is 0. The number of nitrogens with one attached hydrogen (secondary N) is 1. The molecule has 0 amide bonds. The highest BCUT2D eigenvalue weighted by atomic mass is 35.5. The van der Waals surface area contributed by atoms with Gasteiger partial charge in [0.1, 0.15) is 0 Å². The molecule has 5 heteroatoms. The Balaban J connectivity index is 0.00000176. The molecule has 3 nitrogen and oxygen atoms in total. The Bertz CT molecular complexity index is 457. The summed E-state index contributed by atoms with van der Waals surface area (Å²) in [5, 5.41) is 7.26. The Hall–Kier alpha value is -0.160. The van der Waals surface area contributed by atoms with E-state index in [-0.39, 0.29) is 17.8 Å². The molecule has 1 N–H and O–H groups in total. The molecule has 1 aromatic rings. The van der Waals surface area contributed by atoms with Crippen LogP contribution < -0.4 is 5.32 Å².